The summed E-state index contributed by atoms with van der Waals surface area (Å²) in [6.07, 6.45) is -4.24. The molecule has 0 bridgehead atoms. The lowest BCUT2D eigenvalue weighted by molar-refractivity contribution is -0.137. The average molecular weight is 422 g/mol. The number of halogens is 4. The maximum atomic E-state index is 13.1. The van der Waals surface area contributed by atoms with E-state index in [0.29, 0.717) is 6.20 Å². The minimum absolute atomic E-state index is 0.0459. The second-order valence-corrected chi connectivity index (χ2v) is 6.20. The monoisotopic (exact) mass is 422 g/mol. The molecule has 30 heavy (non-hydrogen) atoms. The lowest BCUT2D eigenvalue weighted by atomic mass is 10.1. The first-order chi connectivity index (χ1) is 14.1. The van der Waals surface area contributed by atoms with Gasteiger partial charge < -0.3 is 10.5 Å². The maximum absolute atomic E-state index is 13.1. The molecule has 0 radical (unpaired) electrons. The fourth-order valence-electron chi connectivity index (χ4n) is 2.62. The Morgan fingerprint density at radius 3 is 2.30 bits per heavy atom. The molecule has 1 aromatic carbocycles. The number of nitrogens with zero attached hydrogens (tertiary/aromatic N) is 3. The van der Waals surface area contributed by atoms with Gasteiger partial charge in [0.25, 0.3) is 5.91 Å². The molecule has 0 fully saturated rings. The fraction of sp³-hybridized carbons (Fsp3) is 0.158. The average Bonchev–Trinajstić information content (AvgIpc) is 3.07. The number of pyridine rings is 1. The lowest BCUT2D eigenvalue weighted by Gasteiger charge is -2.15. The van der Waals surface area contributed by atoms with E-state index >= 15 is 0 Å². The van der Waals surface area contributed by atoms with Gasteiger partial charge in [-0.1, -0.05) is 12.1 Å². The minimum Gasteiger partial charge on any atom is -0.444 e. The molecule has 2 aromatic heterocycles. The number of esters is 1. The van der Waals surface area contributed by atoms with Crippen molar-refractivity contribution < 1.29 is 31.9 Å². The summed E-state index contributed by atoms with van der Waals surface area (Å²) in [5.74, 6) is -2.41. The standard InChI is InChI=1S/C19H14F4N4O3/c1-10-14(9-26-27(10)15-7-4-12(8-25-15)19(21,22)23)18(29)30-16(17(24)28)11-2-5-13(20)6-3-11/h2-9,16H,1H3,(H2,24,28)/t16-/m1/s1. The minimum atomic E-state index is -4.54. The third kappa shape index (κ3) is 4.29. The van der Waals surface area contributed by atoms with Crippen LogP contribution in [-0.4, -0.2) is 26.6 Å². The Morgan fingerprint density at radius 2 is 1.77 bits per heavy atom. The van der Waals surface area contributed by atoms with Gasteiger partial charge in [-0.15, -0.1) is 0 Å². The SMILES string of the molecule is Cc1c(C(=O)O[C@@H](C(N)=O)c2ccc(F)cc2)cnn1-c1ccc(C(F)(F)F)cn1. The van der Waals surface area contributed by atoms with E-state index in [1.54, 1.807) is 0 Å². The largest absolute Gasteiger partial charge is 0.444 e. The summed E-state index contributed by atoms with van der Waals surface area (Å²) in [7, 11) is 0. The highest BCUT2D eigenvalue weighted by Crippen LogP contribution is 2.29. The van der Waals surface area contributed by atoms with Gasteiger partial charge >= 0.3 is 12.1 Å². The summed E-state index contributed by atoms with van der Waals surface area (Å²) in [4.78, 5) is 27.9. The Morgan fingerprint density at radius 1 is 1.10 bits per heavy atom. The molecule has 11 heteroatoms. The van der Waals surface area contributed by atoms with Crippen molar-refractivity contribution in [2.24, 2.45) is 5.73 Å². The Bertz CT molecular complexity index is 1080. The number of benzene rings is 1. The number of carbonyl (C=O) groups excluding carboxylic acids is 2. The lowest BCUT2D eigenvalue weighted by Crippen LogP contribution is -2.26. The zero-order valence-corrected chi connectivity index (χ0v) is 15.4. The van der Waals surface area contributed by atoms with E-state index in [2.05, 4.69) is 10.1 Å². The summed E-state index contributed by atoms with van der Waals surface area (Å²) >= 11 is 0. The molecule has 3 rings (SSSR count). The van der Waals surface area contributed by atoms with Gasteiger partial charge in [-0.25, -0.2) is 18.9 Å². The quantitative estimate of drug-likeness (QED) is 0.503. The maximum Gasteiger partial charge on any atom is 0.417 e. The number of hydrogen-bond acceptors (Lipinski definition) is 5. The molecule has 3 aromatic rings. The number of amides is 1. The zero-order valence-electron chi connectivity index (χ0n) is 15.4. The molecule has 1 amide bonds. The van der Waals surface area contributed by atoms with Crippen molar-refractivity contribution in [3.05, 3.63) is 77.0 Å². The van der Waals surface area contributed by atoms with Crippen molar-refractivity contribution >= 4 is 11.9 Å². The van der Waals surface area contributed by atoms with Crippen LogP contribution in [0.4, 0.5) is 17.6 Å². The van der Waals surface area contributed by atoms with Crippen LogP contribution < -0.4 is 5.73 Å². The highest BCUT2D eigenvalue weighted by Gasteiger charge is 2.31. The molecular formula is C19H14F4N4O3. The van der Waals surface area contributed by atoms with Crippen LogP contribution in [0.25, 0.3) is 5.82 Å². The second-order valence-electron chi connectivity index (χ2n) is 6.20. The fourth-order valence-corrected chi connectivity index (χ4v) is 2.62. The molecule has 2 N–H and O–H groups in total. The molecule has 0 aliphatic rings. The Balaban J connectivity index is 1.84. The molecular weight excluding hydrogens is 408 g/mol. The predicted octanol–water partition coefficient (Wildman–Crippen LogP) is 3.12. The van der Waals surface area contributed by atoms with Gasteiger partial charge in [-0.2, -0.15) is 18.3 Å². The number of alkyl halides is 3. The van der Waals surface area contributed by atoms with Crippen LogP contribution in [0.3, 0.4) is 0 Å². The van der Waals surface area contributed by atoms with Crippen molar-refractivity contribution in [3.63, 3.8) is 0 Å². The van der Waals surface area contributed by atoms with Crippen LogP contribution in [-0.2, 0) is 15.7 Å². The summed E-state index contributed by atoms with van der Waals surface area (Å²) in [6.45, 7) is 1.47. The molecule has 156 valence electrons. The van der Waals surface area contributed by atoms with Crippen molar-refractivity contribution in [2.45, 2.75) is 19.2 Å². The van der Waals surface area contributed by atoms with Crippen LogP contribution in [0, 0.1) is 12.7 Å². The highest BCUT2D eigenvalue weighted by atomic mass is 19.4. The van der Waals surface area contributed by atoms with Crippen molar-refractivity contribution in [1.82, 2.24) is 14.8 Å². The number of ether oxygens (including phenoxy) is 1. The van der Waals surface area contributed by atoms with Crippen molar-refractivity contribution in [2.75, 3.05) is 0 Å². The van der Waals surface area contributed by atoms with Crippen LogP contribution in [0.2, 0.25) is 0 Å². The van der Waals surface area contributed by atoms with Crippen LogP contribution in [0.1, 0.15) is 33.3 Å². The summed E-state index contributed by atoms with van der Waals surface area (Å²) in [5, 5.41) is 3.94. The Hall–Kier alpha value is -3.76. The van der Waals surface area contributed by atoms with E-state index in [1.807, 2.05) is 0 Å². The molecule has 0 saturated heterocycles. The van der Waals surface area contributed by atoms with E-state index in [-0.39, 0.29) is 22.6 Å². The van der Waals surface area contributed by atoms with E-state index in [4.69, 9.17) is 10.5 Å². The van der Waals surface area contributed by atoms with E-state index in [0.717, 1.165) is 35.1 Å². The second kappa shape index (κ2) is 7.93. The first kappa shape index (κ1) is 21.0. The Kier molecular flexibility index (Phi) is 5.54. The third-order valence-electron chi connectivity index (χ3n) is 4.18. The molecule has 1 atom stereocenters. The number of aromatic nitrogens is 3. The molecule has 0 aliphatic carbocycles. The molecule has 0 spiro atoms. The molecule has 0 saturated carbocycles. The number of hydrogen-bond donors (Lipinski definition) is 1. The van der Waals surface area contributed by atoms with Crippen molar-refractivity contribution in [1.29, 1.82) is 0 Å². The summed E-state index contributed by atoms with van der Waals surface area (Å²) < 4.78 is 57.4. The van der Waals surface area contributed by atoms with Gasteiger partial charge in [0.1, 0.15) is 11.4 Å². The summed E-state index contributed by atoms with van der Waals surface area (Å²) in [5.41, 5.74) is 4.69. The third-order valence-corrected chi connectivity index (χ3v) is 4.18. The highest BCUT2D eigenvalue weighted by molar-refractivity contribution is 5.93. The van der Waals surface area contributed by atoms with Gasteiger partial charge in [0.15, 0.2) is 5.82 Å². The van der Waals surface area contributed by atoms with Crippen LogP contribution >= 0.6 is 0 Å². The van der Waals surface area contributed by atoms with Gasteiger partial charge in [-0.3, -0.25) is 4.79 Å². The van der Waals surface area contributed by atoms with Gasteiger partial charge in [-0.05, 0) is 31.2 Å². The smallest absolute Gasteiger partial charge is 0.417 e. The van der Waals surface area contributed by atoms with E-state index in [1.165, 1.54) is 19.1 Å². The van der Waals surface area contributed by atoms with Gasteiger partial charge in [0, 0.05) is 11.8 Å². The van der Waals surface area contributed by atoms with Gasteiger partial charge in [0.2, 0.25) is 6.10 Å². The molecule has 0 unspecified atom stereocenters. The van der Waals surface area contributed by atoms with Gasteiger partial charge in [0.05, 0.1) is 17.5 Å². The van der Waals surface area contributed by atoms with E-state index in [9.17, 15) is 27.2 Å². The molecule has 2 heterocycles. The zero-order chi connectivity index (χ0) is 22.1. The topological polar surface area (TPSA) is 100 Å². The number of rotatable bonds is 5. The van der Waals surface area contributed by atoms with Crippen LogP contribution in [0.5, 0.6) is 0 Å². The number of carbonyl (C=O) groups is 2. The predicted molar refractivity (Wildman–Crippen MR) is 94.8 cm³/mol. The van der Waals surface area contributed by atoms with Crippen molar-refractivity contribution in [3.8, 4) is 5.82 Å². The molecule has 0 aliphatic heterocycles. The first-order valence-electron chi connectivity index (χ1n) is 8.42. The first-order valence-corrected chi connectivity index (χ1v) is 8.42. The van der Waals surface area contributed by atoms with E-state index < -0.39 is 35.5 Å². The number of nitrogens with two attached hydrogens (primary N) is 1. The normalized spacial score (nSPS) is 12.4. The Labute approximate surface area is 167 Å². The van der Waals surface area contributed by atoms with Crippen LogP contribution in [0.15, 0.2) is 48.8 Å². The summed E-state index contributed by atoms with van der Waals surface area (Å²) in [6, 6.07) is 6.60. The molecule has 7 nitrogen and oxygen atoms in total. The number of primary amides is 1.